The molecule has 0 saturated heterocycles. The molecular formula is C13H22O3. The SMILES string of the molecule is CCOC(=O)[C@@H]1C[C@H](C(C)(C)C)CCC1=O. The number of ketones is 1. The van der Waals surface area contributed by atoms with Crippen LogP contribution in [-0.4, -0.2) is 18.4 Å². The fourth-order valence-electron chi connectivity index (χ4n) is 2.28. The predicted molar refractivity (Wildman–Crippen MR) is 61.9 cm³/mol. The molecule has 0 amide bonds. The highest BCUT2D eigenvalue weighted by Crippen LogP contribution is 2.39. The molecule has 0 aromatic rings. The molecule has 2 atom stereocenters. The quantitative estimate of drug-likeness (QED) is 0.537. The predicted octanol–water partition coefficient (Wildman–Crippen LogP) is 2.58. The van der Waals surface area contributed by atoms with Gasteiger partial charge in [0, 0.05) is 6.42 Å². The second kappa shape index (κ2) is 4.98. The van der Waals surface area contributed by atoms with Gasteiger partial charge in [0.25, 0.3) is 0 Å². The minimum atomic E-state index is -0.516. The van der Waals surface area contributed by atoms with Gasteiger partial charge >= 0.3 is 5.97 Å². The van der Waals surface area contributed by atoms with Gasteiger partial charge in [0.05, 0.1) is 6.61 Å². The Balaban J connectivity index is 2.69. The molecule has 0 spiro atoms. The summed E-state index contributed by atoms with van der Waals surface area (Å²) in [5, 5.41) is 0. The molecule has 1 rings (SSSR count). The van der Waals surface area contributed by atoms with Crippen LogP contribution in [-0.2, 0) is 14.3 Å². The van der Waals surface area contributed by atoms with Crippen LogP contribution in [0.2, 0.25) is 0 Å². The highest BCUT2D eigenvalue weighted by atomic mass is 16.5. The van der Waals surface area contributed by atoms with Gasteiger partial charge in [0.2, 0.25) is 0 Å². The molecule has 1 saturated carbocycles. The number of ether oxygens (including phenoxy) is 1. The Bertz CT molecular complexity index is 275. The van der Waals surface area contributed by atoms with Crippen molar-refractivity contribution >= 4 is 11.8 Å². The van der Waals surface area contributed by atoms with Crippen molar-refractivity contribution in [3.63, 3.8) is 0 Å². The molecule has 92 valence electrons. The lowest BCUT2D eigenvalue weighted by atomic mass is 9.69. The molecule has 16 heavy (non-hydrogen) atoms. The first-order valence-corrected chi connectivity index (χ1v) is 6.05. The molecule has 0 N–H and O–H groups in total. The van der Waals surface area contributed by atoms with E-state index in [1.807, 2.05) is 0 Å². The van der Waals surface area contributed by atoms with Gasteiger partial charge in [-0.15, -0.1) is 0 Å². The van der Waals surface area contributed by atoms with Gasteiger partial charge < -0.3 is 4.74 Å². The molecule has 0 radical (unpaired) electrons. The zero-order valence-corrected chi connectivity index (χ0v) is 10.7. The van der Waals surface area contributed by atoms with Crippen LogP contribution in [0, 0.1) is 17.3 Å². The first kappa shape index (κ1) is 13.2. The van der Waals surface area contributed by atoms with Gasteiger partial charge in [-0.1, -0.05) is 20.8 Å². The van der Waals surface area contributed by atoms with Crippen molar-refractivity contribution in [2.45, 2.75) is 47.0 Å². The number of carbonyl (C=O) groups is 2. The Labute approximate surface area is 97.5 Å². The monoisotopic (exact) mass is 226 g/mol. The lowest BCUT2D eigenvalue weighted by Gasteiger charge is -2.36. The van der Waals surface area contributed by atoms with Crippen LogP contribution in [0.5, 0.6) is 0 Å². The smallest absolute Gasteiger partial charge is 0.316 e. The van der Waals surface area contributed by atoms with E-state index in [0.717, 1.165) is 6.42 Å². The first-order chi connectivity index (χ1) is 7.36. The van der Waals surface area contributed by atoms with E-state index in [-0.39, 0.29) is 17.2 Å². The summed E-state index contributed by atoms with van der Waals surface area (Å²) >= 11 is 0. The van der Waals surface area contributed by atoms with Crippen LogP contribution in [0.4, 0.5) is 0 Å². The van der Waals surface area contributed by atoms with Crippen molar-refractivity contribution < 1.29 is 14.3 Å². The van der Waals surface area contributed by atoms with E-state index < -0.39 is 5.92 Å². The van der Waals surface area contributed by atoms with Gasteiger partial charge in [-0.2, -0.15) is 0 Å². The molecule has 1 aliphatic rings. The zero-order valence-electron chi connectivity index (χ0n) is 10.7. The molecule has 1 aliphatic carbocycles. The van der Waals surface area contributed by atoms with Crippen molar-refractivity contribution in [1.82, 2.24) is 0 Å². The number of carbonyl (C=O) groups excluding carboxylic acids is 2. The van der Waals surface area contributed by atoms with Crippen LogP contribution < -0.4 is 0 Å². The maximum Gasteiger partial charge on any atom is 0.316 e. The van der Waals surface area contributed by atoms with Gasteiger partial charge in [0.1, 0.15) is 11.7 Å². The van der Waals surface area contributed by atoms with E-state index in [4.69, 9.17) is 4.74 Å². The summed E-state index contributed by atoms with van der Waals surface area (Å²) in [7, 11) is 0. The molecule has 0 heterocycles. The van der Waals surface area contributed by atoms with Gasteiger partial charge in [0.15, 0.2) is 0 Å². The number of hydrogen-bond donors (Lipinski definition) is 0. The van der Waals surface area contributed by atoms with E-state index in [1.54, 1.807) is 6.92 Å². The highest BCUT2D eigenvalue weighted by molar-refractivity contribution is 5.99. The lowest BCUT2D eigenvalue weighted by molar-refractivity contribution is -0.154. The third kappa shape index (κ3) is 3.06. The number of Topliss-reactive ketones (excluding diaryl/α,β-unsaturated/α-hetero) is 1. The van der Waals surface area contributed by atoms with Crippen LogP contribution in [0.15, 0.2) is 0 Å². The normalized spacial score (nSPS) is 26.6. The zero-order chi connectivity index (χ0) is 12.3. The first-order valence-electron chi connectivity index (χ1n) is 6.05. The summed E-state index contributed by atoms with van der Waals surface area (Å²) in [6.45, 7) is 8.61. The van der Waals surface area contributed by atoms with Crippen molar-refractivity contribution in [2.24, 2.45) is 17.3 Å². The molecule has 0 aromatic heterocycles. The van der Waals surface area contributed by atoms with Crippen molar-refractivity contribution in [3.05, 3.63) is 0 Å². The number of esters is 1. The fourth-order valence-corrected chi connectivity index (χ4v) is 2.28. The summed E-state index contributed by atoms with van der Waals surface area (Å²) in [6.07, 6.45) is 2.07. The molecular weight excluding hydrogens is 204 g/mol. The Kier molecular flexibility index (Phi) is 4.11. The third-order valence-corrected chi connectivity index (χ3v) is 3.44. The highest BCUT2D eigenvalue weighted by Gasteiger charge is 2.38. The summed E-state index contributed by atoms with van der Waals surface area (Å²) in [4.78, 5) is 23.3. The van der Waals surface area contributed by atoms with Crippen molar-refractivity contribution in [3.8, 4) is 0 Å². The summed E-state index contributed by atoms with van der Waals surface area (Å²) in [5.41, 5.74) is 0.158. The molecule has 3 heteroatoms. The minimum Gasteiger partial charge on any atom is -0.465 e. The average molecular weight is 226 g/mol. The van der Waals surface area contributed by atoms with Crippen LogP contribution >= 0.6 is 0 Å². The molecule has 1 fully saturated rings. The van der Waals surface area contributed by atoms with E-state index >= 15 is 0 Å². The van der Waals surface area contributed by atoms with Gasteiger partial charge in [-0.25, -0.2) is 0 Å². The summed E-state index contributed by atoms with van der Waals surface area (Å²) in [6, 6.07) is 0. The lowest BCUT2D eigenvalue weighted by Crippen LogP contribution is -2.36. The fraction of sp³-hybridized carbons (Fsp3) is 0.846. The summed E-state index contributed by atoms with van der Waals surface area (Å²) in [5.74, 6) is -0.363. The van der Waals surface area contributed by atoms with Crippen LogP contribution in [0.1, 0.15) is 47.0 Å². The standard InChI is InChI=1S/C13H22O3/c1-5-16-12(15)10-8-9(13(2,3)4)6-7-11(10)14/h9-10H,5-8H2,1-4H3/t9-,10-/m1/s1. The van der Waals surface area contributed by atoms with Crippen LogP contribution in [0.3, 0.4) is 0 Å². The van der Waals surface area contributed by atoms with E-state index in [2.05, 4.69) is 20.8 Å². The number of hydrogen-bond acceptors (Lipinski definition) is 3. The second-order valence-electron chi connectivity index (χ2n) is 5.61. The van der Waals surface area contributed by atoms with Gasteiger partial charge in [-0.3, -0.25) is 9.59 Å². The Hall–Kier alpha value is -0.860. The van der Waals surface area contributed by atoms with Crippen LogP contribution in [0.25, 0.3) is 0 Å². The largest absolute Gasteiger partial charge is 0.465 e. The average Bonchev–Trinajstić information content (AvgIpc) is 2.16. The molecule has 0 unspecified atom stereocenters. The second-order valence-corrected chi connectivity index (χ2v) is 5.61. The Morgan fingerprint density at radius 2 is 2.06 bits per heavy atom. The maximum absolute atomic E-state index is 11.7. The Morgan fingerprint density at radius 3 is 2.56 bits per heavy atom. The van der Waals surface area contributed by atoms with E-state index in [0.29, 0.717) is 25.4 Å². The topological polar surface area (TPSA) is 43.4 Å². The van der Waals surface area contributed by atoms with E-state index in [9.17, 15) is 9.59 Å². The summed E-state index contributed by atoms with van der Waals surface area (Å²) < 4.78 is 4.95. The van der Waals surface area contributed by atoms with Gasteiger partial charge in [-0.05, 0) is 31.1 Å². The molecule has 0 aromatic carbocycles. The van der Waals surface area contributed by atoms with E-state index in [1.165, 1.54) is 0 Å². The maximum atomic E-state index is 11.7. The Morgan fingerprint density at radius 1 is 1.44 bits per heavy atom. The minimum absolute atomic E-state index is 0.0546. The molecule has 0 bridgehead atoms. The van der Waals surface area contributed by atoms with Crippen molar-refractivity contribution in [1.29, 1.82) is 0 Å². The third-order valence-electron chi connectivity index (χ3n) is 3.44. The van der Waals surface area contributed by atoms with Crippen molar-refractivity contribution in [2.75, 3.05) is 6.61 Å². The number of rotatable bonds is 2. The molecule has 3 nitrogen and oxygen atoms in total. The molecule has 0 aliphatic heterocycles.